The van der Waals surface area contributed by atoms with Crippen molar-refractivity contribution in [2.45, 2.75) is 17.6 Å². The maximum Gasteiger partial charge on any atom is 0.288 e. The molecule has 6 heteroatoms. The van der Waals surface area contributed by atoms with Crippen molar-refractivity contribution in [3.63, 3.8) is 0 Å². The van der Waals surface area contributed by atoms with Crippen LogP contribution in [0.4, 0.5) is 14.5 Å². The van der Waals surface area contributed by atoms with Crippen LogP contribution < -0.4 is 10.6 Å². The summed E-state index contributed by atoms with van der Waals surface area (Å²) in [6.45, 7) is 3.65. The number of carbonyl (C=O) groups is 1. The van der Waals surface area contributed by atoms with E-state index in [1.54, 1.807) is 24.3 Å². The number of thioether (sulfide) groups is 1. The summed E-state index contributed by atoms with van der Waals surface area (Å²) in [6, 6.07) is 6.47. The number of alkyl halides is 2. The molecule has 19 heavy (non-hydrogen) atoms. The van der Waals surface area contributed by atoms with Gasteiger partial charge in [-0.15, -0.1) is 0 Å². The molecule has 2 rings (SSSR count). The van der Waals surface area contributed by atoms with Crippen molar-refractivity contribution in [1.29, 1.82) is 0 Å². The van der Waals surface area contributed by atoms with Crippen molar-refractivity contribution in [2.24, 2.45) is 11.8 Å². The summed E-state index contributed by atoms with van der Waals surface area (Å²) in [7, 11) is 0. The molecule has 3 nitrogen and oxygen atoms in total. The molecule has 0 saturated carbocycles. The quantitative estimate of drug-likeness (QED) is 0.818. The number of nitrogens with one attached hydrogen (secondary N) is 2. The zero-order chi connectivity index (χ0) is 13.8. The SMILES string of the molecule is CC(C(=O)Nc1ccc(SC(F)F)cc1)C1CNC1. The van der Waals surface area contributed by atoms with Gasteiger partial charge in [-0.1, -0.05) is 18.7 Å². The van der Waals surface area contributed by atoms with Crippen molar-refractivity contribution in [2.75, 3.05) is 18.4 Å². The number of hydrogen-bond acceptors (Lipinski definition) is 3. The summed E-state index contributed by atoms with van der Waals surface area (Å²) in [4.78, 5) is 12.4. The lowest BCUT2D eigenvalue weighted by atomic mass is 9.88. The summed E-state index contributed by atoms with van der Waals surface area (Å²) in [5.41, 5.74) is 0.641. The van der Waals surface area contributed by atoms with Crippen LogP contribution in [-0.4, -0.2) is 24.8 Å². The zero-order valence-electron chi connectivity index (χ0n) is 10.5. The third-order valence-corrected chi connectivity index (χ3v) is 4.00. The minimum Gasteiger partial charge on any atom is -0.326 e. The van der Waals surface area contributed by atoms with Crippen molar-refractivity contribution in [3.05, 3.63) is 24.3 Å². The smallest absolute Gasteiger partial charge is 0.288 e. The van der Waals surface area contributed by atoms with Crippen LogP contribution in [0.3, 0.4) is 0 Å². The van der Waals surface area contributed by atoms with Gasteiger partial charge in [0, 0.05) is 16.5 Å². The topological polar surface area (TPSA) is 41.1 Å². The molecule has 1 aromatic carbocycles. The largest absolute Gasteiger partial charge is 0.326 e. The maximum absolute atomic E-state index is 12.2. The van der Waals surface area contributed by atoms with Crippen LogP contribution in [0.5, 0.6) is 0 Å². The molecule has 0 spiro atoms. The van der Waals surface area contributed by atoms with Gasteiger partial charge in [0.05, 0.1) is 0 Å². The molecule has 0 bridgehead atoms. The molecule has 1 aliphatic rings. The Labute approximate surface area is 115 Å². The van der Waals surface area contributed by atoms with Gasteiger partial charge in [-0.25, -0.2) is 0 Å². The standard InChI is InChI=1S/C13H16F2N2OS/c1-8(9-6-16-7-9)12(18)17-10-2-4-11(5-3-10)19-13(14)15/h2-5,8-9,13,16H,6-7H2,1H3,(H,17,18). The van der Waals surface area contributed by atoms with E-state index in [4.69, 9.17) is 0 Å². The van der Waals surface area contributed by atoms with Crippen molar-refractivity contribution < 1.29 is 13.6 Å². The van der Waals surface area contributed by atoms with Gasteiger partial charge in [0.2, 0.25) is 5.91 Å². The van der Waals surface area contributed by atoms with E-state index in [2.05, 4.69) is 10.6 Å². The molecule has 104 valence electrons. The zero-order valence-corrected chi connectivity index (χ0v) is 11.3. The predicted molar refractivity (Wildman–Crippen MR) is 72.5 cm³/mol. The van der Waals surface area contributed by atoms with E-state index in [1.165, 1.54) is 0 Å². The number of hydrogen-bond donors (Lipinski definition) is 2. The van der Waals surface area contributed by atoms with Crippen LogP contribution in [-0.2, 0) is 4.79 Å². The second-order valence-corrected chi connectivity index (χ2v) is 5.66. The molecule has 1 fully saturated rings. The minimum atomic E-state index is -2.42. The van der Waals surface area contributed by atoms with E-state index in [0.29, 0.717) is 28.3 Å². The number of carbonyl (C=O) groups excluding carboxylic acids is 1. The Hall–Kier alpha value is -1.14. The van der Waals surface area contributed by atoms with Gasteiger partial charge in [-0.3, -0.25) is 4.79 Å². The second kappa shape index (κ2) is 6.34. The lowest BCUT2D eigenvalue weighted by Crippen LogP contribution is -2.48. The van der Waals surface area contributed by atoms with E-state index < -0.39 is 5.76 Å². The number of benzene rings is 1. The summed E-state index contributed by atoms with van der Waals surface area (Å²) < 4.78 is 24.3. The first kappa shape index (κ1) is 14.3. The highest BCUT2D eigenvalue weighted by Crippen LogP contribution is 2.26. The molecule has 1 aromatic rings. The fourth-order valence-corrected chi connectivity index (χ4v) is 2.35. The van der Waals surface area contributed by atoms with Crippen molar-refractivity contribution in [1.82, 2.24) is 5.32 Å². The normalized spacial score (nSPS) is 17.1. The van der Waals surface area contributed by atoms with E-state index in [-0.39, 0.29) is 11.8 Å². The molecular formula is C13H16F2N2OS. The van der Waals surface area contributed by atoms with Gasteiger partial charge in [0.1, 0.15) is 0 Å². The fraction of sp³-hybridized carbons (Fsp3) is 0.462. The molecule has 1 aliphatic heterocycles. The summed E-state index contributed by atoms with van der Waals surface area (Å²) in [6.07, 6.45) is 0. The third-order valence-electron chi connectivity index (χ3n) is 3.28. The fourth-order valence-electron chi connectivity index (χ4n) is 1.85. The molecule has 1 atom stereocenters. The number of halogens is 2. The summed E-state index contributed by atoms with van der Waals surface area (Å²) in [5.74, 6) is -2.11. The van der Waals surface area contributed by atoms with Gasteiger partial charge in [0.25, 0.3) is 5.76 Å². The molecular weight excluding hydrogens is 270 g/mol. The minimum absolute atomic E-state index is 0.0271. The van der Waals surface area contributed by atoms with Crippen LogP contribution in [0.1, 0.15) is 6.92 Å². The molecule has 0 radical (unpaired) electrons. The molecule has 1 amide bonds. The van der Waals surface area contributed by atoms with Gasteiger partial charge >= 0.3 is 0 Å². The van der Waals surface area contributed by atoms with E-state index in [0.717, 1.165) is 13.1 Å². The van der Waals surface area contributed by atoms with Gasteiger partial charge in [0.15, 0.2) is 0 Å². The second-order valence-electron chi connectivity index (χ2n) is 4.60. The van der Waals surface area contributed by atoms with E-state index in [1.807, 2.05) is 6.92 Å². The first-order chi connectivity index (χ1) is 9.06. The highest BCUT2D eigenvalue weighted by Gasteiger charge is 2.28. The van der Waals surface area contributed by atoms with Crippen LogP contribution in [0.2, 0.25) is 0 Å². The maximum atomic E-state index is 12.2. The van der Waals surface area contributed by atoms with Crippen LogP contribution in [0, 0.1) is 11.8 Å². The Kier molecular flexibility index (Phi) is 4.76. The van der Waals surface area contributed by atoms with Crippen LogP contribution in [0.25, 0.3) is 0 Å². The average Bonchev–Trinajstić information content (AvgIpc) is 2.28. The monoisotopic (exact) mass is 286 g/mol. The first-order valence-electron chi connectivity index (χ1n) is 6.12. The van der Waals surface area contributed by atoms with Gasteiger partial charge < -0.3 is 10.6 Å². The molecule has 1 saturated heterocycles. The predicted octanol–water partition coefficient (Wildman–Crippen LogP) is 2.80. The number of anilines is 1. The number of rotatable bonds is 5. The summed E-state index contributed by atoms with van der Waals surface area (Å²) in [5, 5.41) is 5.94. The highest BCUT2D eigenvalue weighted by atomic mass is 32.2. The van der Waals surface area contributed by atoms with Crippen molar-refractivity contribution in [3.8, 4) is 0 Å². The van der Waals surface area contributed by atoms with E-state index >= 15 is 0 Å². The van der Waals surface area contributed by atoms with Crippen LogP contribution >= 0.6 is 11.8 Å². The Morgan fingerprint density at radius 3 is 2.47 bits per heavy atom. The lowest BCUT2D eigenvalue weighted by Gasteiger charge is -2.31. The Morgan fingerprint density at radius 1 is 1.37 bits per heavy atom. The van der Waals surface area contributed by atoms with Gasteiger partial charge in [-0.2, -0.15) is 8.78 Å². The molecule has 1 unspecified atom stereocenters. The molecule has 0 aromatic heterocycles. The van der Waals surface area contributed by atoms with Crippen LogP contribution in [0.15, 0.2) is 29.2 Å². The van der Waals surface area contributed by atoms with E-state index in [9.17, 15) is 13.6 Å². The van der Waals surface area contributed by atoms with Gasteiger partial charge in [-0.05, 0) is 43.3 Å². The Morgan fingerprint density at radius 2 is 2.00 bits per heavy atom. The Bertz CT molecular complexity index is 435. The summed E-state index contributed by atoms with van der Waals surface area (Å²) >= 11 is 0.496. The highest BCUT2D eigenvalue weighted by molar-refractivity contribution is 7.99. The molecule has 0 aliphatic carbocycles. The average molecular weight is 286 g/mol. The third kappa shape index (κ3) is 3.91. The lowest BCUT2D eigenvalue weighted by molar-refractivity contribution is -0.121. The van der Waals surface area contributed by atoms with Crippen molar-refractivity contribution >= 4 is 23.4 Å². The first-order valence-corrected chi connectivity index (χ1v) is 7.00. The number of amides is 1. The molecule has 1 heterocycles. The Balaban J connectivity index is 1.89. The molecule has 2 N–H and O–H groups in total.